The van der Waals surface area contributed by atoms with E-state index in [1.165, 1.54) is 16.0 Å². The lowest BCUT2D eigenvalue weighted by atomic mass is 9.92. The fourth-order valence-electron chi connectivity index (χ4n) is 2.89. The first kappa shape index (κ1) is 16.8. The fraction of sp³-hybridized carbons (Fsp3) is 0.250. The van der Waals surface area contributed by atoms with Gasteiger partial charge in [-0.3, -0.25) is 0 Å². The quantitative estimate of drug-likeness (QED) is 0.898. The Bertz CT molecular complexity index is 796. The number of thioether (sulfide) groups is 1. The number of fused-ring (bicyclic) bond motifs is 2. The second kappa shape index (κ2) is 7.24. The third kappa shape index (κ3) is 3.55. The summed E-state index contributed by atoms with van der Waals surface area (Å²) < 4.78 is 0. The van der Waals surface area contributed by atoms with Crippen LogP contribution in [0.2, 0.25) is 0 Å². The summed E-state index contributed by atoms with van der Waals surface area (Å²) in [5, 5.41) is 9.36. The van der Waals surface area contributed by atoms with Crippen molar-refractivity contribution in [3.8, 4) is 0 Å². The number of benzene rings is 2. The van der Waals surface area contributed by atoms with Crippen LogP contribution in [0.5, 0.6) is 0 Å². The highest BCUT2D eigenvalue weighted by atomic mass is 32.2. The average molecular weight is 339 g/mol. The van der Waals surface area contributed by atoms with Crippen molar-refractivity contribution in [1.82, 2.24) is 4.90 Å². The fourth-order valence-corrected chi connectivity index (χ4v) is 3.96. The van der Waals surface area contributed by atoms with Crippen LogP contribution in [0, 0.1) is 0 Å². The molecule has 1 N–H and O–H groups in total. The minimum absolute atomic E-state index is 0.344. The zero-order chi connectivity index (χ0) is 17.1. The molecule has 24 heavy (non-hydrogen) atoms. The predicted octanol–water partition coefficient (Wildman–Crippen LogP) is 4.37. The van der Waals surface area contributed by atoms with E-state index in [9.17, 15) is 9.90 Å². The Balaban J connectivity index is 2.13. The number of hydrogen-bond acceptors (Lipinski definition) is 3. The van der Waals surface area contributed by atoms with Gasteiger partial charge in [-0.05, 0) is 61.0 Å². The van der Waals surface area contributed by atoms with Crippen LogP contribution in [0.25, 0.3) is 5.57 Å². The van der Waals surface area contributed by atoms with E-state index in [1.807, 2.05) is 30.0 Å². The first-order valence-electron chi connectivity index (χ1n) is 8.00. The van der Waals surface area contributed by atoms with Crippen molar-refractivity contribution < 1.29 is 9.90 Å². The molecule has 1 aliphatic rings. The van der Waals surface area contributed by atoms with E-state index in [0.717, 1.165) is 29.9 Å². The molecule has 3 rings (SSSR count). The first-order valence-corrected chi connectivity index (χ1v) is 8.98. The maximum Gasteiger partial charge on any atom is 0.335 e. The maximum atomic E-state index is 11.4. The molecule has 0 spiro atoms. The number of carbonyl (C=O) groups is 1. The molecule has 4 heteroatoms. The van der Waals surface area contributed by atoms with Gasteiger partial charge in [0, 0.05) is 17.2 Å². The molecule has 0 aliphatic carbocycles. The molecule has 3 nitrogen and oxygen atoms in total. The highest BCUT2D eigenvalue weighted by Crippen LogP contribution is 2.40. The molecule has 1 aliphatic heterocycles. The molecule has 0 bridgehead atoms. The smallest absolute Gasteiger partial charge is 0.335 e. The van der Waals surface area contributed by atoms with Crippen LogP contribution in [0.15, 0.2) is 53.4 Å². The van der Waals surface area contributed by atoms with Gasteiger partial charge in [0.15, 0.2) is 0 Å². The Morgan fingerprint density at radius 1 is 1.21 bits per heavy atom. The van der Waals surface area contributed by atoms with E-state index >= 15 is 0 Å². The van der Waals surface area contributed by atoms with Crippen LogP contribution in [-0.4, -0.2) is 36.6 Å². The molecular weight excluding hydrogens is 318 g/mol. The molecule has 0 radical (unpaired) electrons. The molecular formula is C20H21NO2S. The molecule has 1 heterocycles. The summed E-state index contributed by atoms with van der Waals surface area (Å²) in [6.07, 6.45) is 3.17. The van der Waals surface area contributed by atoms with Gasteiger partial charge in [0.1, 0.15) is 0 Å². The van der Waals surface area contributed by atoms with Crippen LogP contribution in [0.1, 0.15) is 33.5 Å². The topological polar surface area (TPSA) is 40.5 Å². The van der Waals surface area contributed by atoms with Gasteiger partial charge in [-0.25, -0.2) is 4.79 Å². The zero-order valence-corrected chi connectivity index (χ0v) is 14.8. The summed E-state index contributed by atoms with van der Waals surface area (Å²) in [6, 6.07) is 13.9. The van der Waals surface area contributed by atoms with E-state index in [-0.39, 0.29) is 0 Å². The zero-order valence-electron chi connectivity index (χ0n) is 14.0. The van der Waals surface area contributed by atoms with E-state index in [0.29, 0.717) is 5.56 Å². The van der Waals surface area contributed by atoms with Crippen LogP contribution in [0.3, 0.4) is 0 Å². The minimum atomic E-state index is -0.879. The SMILES string of the molecule is CN(C)CC/C=C1/c2cc(C(=O)O)ccc2CSc2ccccc21. The van der Waals surface area contributed by atoms with E-state index in [2.05, 4.69) is 43.3 Å². The Kier molecular flexibility index (Phi) is 5.07. The molecule has 0 amide bonds. The standard InChI is InChI=1S/C20H21NO2S/c1-21(2)11-5-7-16-17-6-3-4-8-19(17)24-13-15-10-9-14(20(22)23)12-18(15)16/h3-4,6-10,12H,5,11,13H2,1-2H3,(H,22,23)/b16-7+. The summed E-state index contributed by atoms with van der Waals surface area (Å²) in [5.41, 5.74) is 4.93. The summed E-state index contributed by atoms with van der Waals surface area (Å²) in [5.74, 6) is -0.0207. The van der Waals surface area contributed by atoms with Crippen molar-refractivity contribution in [2.24, 2.45) is 0 Å². The summed E-state index contributed by atoms with van der Waals surface area (Å²) in [4.78, 5) is 14.8. The normalized spacial score (nSPS) is 15.0. The lowest BCUT2D eigenvalue weighted by molar-refractivity contribution is 0.0697. The van der Waals surface area contributed by atoms with Crippen molar-refractivity contribution in [3.63, 3.8) is 0 Å². The number of carboxylic acids is 1. The molecule has 2 aromatic rings. The molecule has 0 fully saturated rings. The highest BCUT2D eigenvalue weighted by molar-refractivity contribution is 7.98. The largest absolute Gasteiger partial charge is 0.478 e. The van der Waals surface area contributed by atoms with Crippen LogP contribution >= 0.6 is 11.8 Å². The van der Waals surface area contributed by atoms with Gasteiger partial charge in [0.25, 0.3) is 0 Å². The van der Waals surface area contributed by atoms with Crippen molar-refractivity contribution in [2.75, 3.05) is 20.6 Å². The van der Waals surface area contributed by atoms with E-state index in [4.69, 9.17) is 0 Å². The molecule has 0 atom stereocenters. The van der Waals surface area contributed by atoms with E-state index < -0.39 is 5.97 Å². The second-order valence-electron chi connectivity index (χ2n) is 6.17. The average Bonchev–Trinajstić information content (AvgIpc) is 2.71. The lowest BCUT2D eigenvalue weighted by Gasteiger charge is -2.13. The summed E-state index contributed by atoms with van der Waals surface area (Å²) >= 11 is 1.81. The highest BCUT2D eigenvalue weighted by Gasteiger charge is 2.19. The second-order valence-corrected chi connectivity index (χ2v) is 7.19. The van der Waals surface area contributed by atoms with Crippen molar-refractivity contribution in [3.05, 3.63) is 70.8 Å². The first-order chi connectivity index (χ1) is 11.6. The molecule has 0 aromatic heterocycles. The Labute approximate surface area is 147 Å². The van der Waals surface area contributed by atoms with Gasteiger partial charge in [-0.15, -0.1) is 11.8 Å². The number of hydrogen-bond donors (Lipinski definition) is 1. The van der Waals surface area contributed by atoms with Crippen LogP contribution in [-0.2, 0) is 5.75 Å². The van der Waals surface area contributed by atoms with Gasteiger partial charge in [0.05, 0.1) is 5.56 Å². The lowest BCUT2D eigenvalue weighted by Crippen LogP contribution is -2.12. The summed E-state index contributed by atoms with van der Waals surface area (Å²) in [6.45, 7) is 0.965. The molecule has 2 aromatic carbocycles. The number of aromatic carboxylic acids is 1. The third-order valence-corrected chi connectivity index (χ3v) is 5.25. The number of nitrogens with zero attached hydrogens (tertiary/aromatic N) is 1. The van der Waals surface area contributed by atoms with Crippen molar-refractivity contribution in [1.29, 1.82) is 0 Å². The monoisotopic (exact) mass is 339 g/mol. The Morgan fingerprint density at radius 2 is 2.00 bits per heavy atom. The summed E-state index contributed by atoms with van der Waals surface area (Å²) in [7, 11) is 4.12. The third-order valence-electron chi connectivity index (χ3n) is 4.13. The Hall–Kier alpha value is -2.04. The minimum Gasteiger partial charge on any atom is -0.478 e. The van der Waals surface area contributed by atoms with Gasteiger partial charge >= 0.3 is 5.97 Å². The van der Waals surface area contributed by atoms with Gasteiger partial charge in [-0.1, -0.05) is 30.3 Å². The Morgan fingerprint density at radius 3 is 2.75 bits per heavy atom. The van der Waals surface area contributed by atoms with Gasteiger partial charge < -0.3 is 10.0 Å². The number of rotatable bonds is 4. The van der Waals surface area contributed by atoms with Crippen molar-refractivity contribution >= 4 is 23.3 Å². The molecule has 124 valence electrons. The predicted molar refractivity (Wildman–Crippen MR) is 99.7 cm³/mol. The van der Waals surface area contributed by atoms with Crippen LogP contribution in [0.4, 0.5) is 0 Å². The molecule has 0 saturated heterocycles. The molecule has 0 saturated carbocycles. The molecule has 0 unspecified atom stereocenters. The number of carboxylic acid groups (broad SMARTS) is 1. The maximum absolute atomic E-state index is 11.4. The van der Waals surface area contributed by atoms with E-state index in [1.54, 1.807) is 6.07 Å². The van der Waals surface area contributed by atoms with Gasteiger partial charge in [-0.2, -0.15) is 0 Å². The van der Waals surface area contributed by atoms with Gasteiger partial charge in [0.2, 0.25) is 0 Å². The van der Waals surface area contributed by atoms with Crippen molar-refractivity contribution in [2.45, 2.75) is 17.1 Å². The van der Waals surface area contributed by atoms with Crippen LogP contribution < -0.4 is 0 Å².